The molecule has 17 heavy (non-hydrogen) atoms. The lowest BCUT2D eigenvalue weighted by Gasteiger charge is -2.04. The van der Waals surface area contributed by atoms with E-state index < -0.39 is 16.2 Å². The number of nitrogens with one attached hydrogen (secondary N) is 1. The van der Waals surface area contributed by atoms with Gasteiger partial charge in [-0.2, -0.15) is 0 Å². The van der Waals surface area contributed by atoms with Crippen molar-refractivity contribution in [2.24, 2.45) is 0 Å². The molecule has 0 aliphatic carbocycles. The molecule has 0 saturated carbocycles. The summed E-state index contributed by atoms with van der Waals surface area (Å²) in [6.45, 7) is 2.36. The number of H-pyrrole nitrogens is 1. The largest absolute Gasteiger partial charge is 0.494 e. The van der Waals surface area contributed by atoms with Gasteiger partial charge in [0, 0.05) is 11.6 Å². The Bertz CT molecular complexity index is 633. The fraction of sp³-hybridized carbons (Fsp3) is 0.182. The van der Waals surface area contributed by atoms with Crippen LogP contribution in [0.3, 0.4) is 0 Å². The van der Waals surface area contributed by atoms with Gasteiger partial charge in [0.1, 0.15) is 5.75 Å². The van der Waals surface area contributed by atoms with E-state index in [2.05, 4.69) is 4.98 Å². The van der Waals surface area contributed by atoms with Gasteiger partial charge in [-0.15, -0.1) is 0 Å². The van der Waals surface area contributed by atoms with Gasteiger partial charge in [-0.3, -0.25) is 14.9 Å². The van der Waals surface area contributed by atoms with Gasteiger partial charge < -0.3 is 9.72 Å². The van der Waals surface area contributed by atoms with E-state index in [9.17, 15) is 14.9 Å². The van der Waals surface area contributed by atoms with Gasteiger partial charge >= 0.3 is 11.2 Å². The monoisotopic (exact) mass is 234 g/mol. The lowest BCUT2D eigenvalue weighted by atomic mass is 10.1. The molecule has 0 spiro atoms. The van der Waals surface area contributed by atoms with Gasteiger partial charge in [-0.25, -0.2) is 0 Å². The van der Waals surface area contributed by atoms with Crippen LogP contribution in [0.2, 0.25) is 0 Å². The first-order valence-electron chi connectivity index (χ1n) is 5.06. The number of aromatic amines is 1. The Labute approximate surface area is 96.0 Å². The Kier molecular flexibility index (Phi) is 2.78. The lowest BCUT2D eigenvalue weighted by molar-refractivity contribution is -0.384. The van der Waals surface area contributed by atoms with Crippen LogP contribution in [0.4, 0.5) is 5.69 Å². The molecule has 0 saturated heterocycles. The first-order valence-corrected chi connectivity index (χ1v) is 5.06. The van der Waals surface area contributed by atoms with Crippen molar-refractivity contribution in [1.29, 1.82) is 0 Å². The van der Waals surface area contributed by atoms with Crippen LogP contribution in [-0.2, 0) is 0 Å². The number of nitrogens with zero attached hydrogens (tertiary/aromatic N) is 1. The van der Waals surface area contributed by atoms with Crippen molar-refractivity contribution < 1.29 is 9.66 Å². The van der Waals surface area contributed by atoms with Crippen molar-refractivity contribution in [3.05, 3.63) is 44.9 Å². The van der Waals surface area contributed by atoms with Crippen LogP contribution in [0.25, 0.3) is 10.8 Å². The van der Waals surface area contributed by atoms with Crippen molar-refractivity contribution in [3.63, 3.8) is 0 Å². The van der Waals surface area contributed by atoms with Crippen LogP contribution in [-0.4, -0.2) is 16.5 Å². The maximum absolute atomic E-state index is 11.4. The van der Waals surface area contributed by atoms with Crippen molar-refractivity contribution in [1.82, 2.24) is 4.98 Å². The molecule has 1 aromatic heterocycles. The lowest BCUT2D eigenvalue weighted by Crippen LogP contribution is -2.11. The zero-order chi connectivity index (χ0) is 12.4. The maximum atomic E-state index is 11.4. The highest BCUT2D eigenvalue weighted by Crippen LogP contribution is 2.25. The van der Waals surface area contributed by atoms with E-state index in [1.165, 1.54) is 12.3 Å². The number of benzene rings is 1. The second-order valence-electron chi connectivity index (χ2n) is 3.41. The zero-order valence-corrected chi connectivity index (χ0v) is 9.10. The Morgan fingerprint density at radius 2 is 2.24 bits per heavy atom. The molecule has 0 unspecified atom stereocenters. The number of aromatic nitrogens is 1. The standard InChI is InChI=1S/C11H10N2O4/c1-2-17-8-3-4-9-7(5-8)6-12-11(14)10(9)13(15)16/h3-6H,2H2,1H3,(H,12,14). The van der Waals surface area contributed by atoms with Crippen molar-refractivity contribution in [2.75, 3.05) is 6.61 Å². The highest BCUT2D eigenvalue weighted by atomic mass is 16.6. The Morgan fingerprint density at radius 3 is 2.88 bits per heavy atom. The fourth-order valence-corrected chi connectivity index (χ4v) is 1.65. The minimum Gasteiger partial charge on any atom is -0.494 e. The molecule has 0 fully saturated rings. The molecular formula is C11H10N2O4. The van der Waals surface area contributed by atoms with Crippen LogP contribution < -0.4 is 10.3 Å². The van der Waals surface area contributed by atoms with Crippen molar-refractivity contribution in [3.8, 4) is 5.75 Å². The zero-order valence-electron chi connectivity index (χ0n) is 9.10. The van der Waals surface area contributed by atoms with E-state index in [4.69, 9.17) is 4.74 Å². The first-order chi connectivity index (χ1) is 8.13. The molecule has 88 valence electrons. The number of rotatable bonds is 3. The Balaban J connectivity index is 2.71. The molecule has 0 aliphatic heterocycles. The highest BCUT2D eigenvalue weighted by molar-refractivity contribution is 5.90. The third-order valence-corrected chi connectivity index (χ3v) is 2.35. The van der Waals surface area contributed by atoms with E-state index in [0.29, 0.717) is 23.1 Å². The molecule has 0 bridgehead atoms. The van der Waals surface area contributed by atoms with Crippen LogP contribution in [0, 0.1) is 10.1 Å². The molecule has 2 aromatic rings. The molecule has 1 N–H and O–H groups in total. The van der Waals surface area contributed by atoms with Crippen LogP contribution in [0.5, 0.6) is 5.75 Å². The van der Waals surface area contributed by atoms with E-state index >= 15 is 0 Å². The third kappa shape index (κ3) is 1.96. The molecule has 0 amide bonds. The molecule has 6 nitrogen and oxygen atoms in total. The number of hydrogen-bond acceptors (Lipinski definition) is 4. The molecule has 0 aliphatic rings. The molecular weight excluding hydrogens is 224 g/mol. The highest BCUT2D eigenvalue weighted by Gasteiger charge is 2.17. The Hall–Kier alpha value is -2.37. The molecule has 2 rings (SSSR count). The number of hydrogen-bond donors (Lipinski definition) is 1. The second-order valence-corrected chi connectivity index (χ2v) is 3.41. The molecule has 0 radical (unpaired) electrons. The van der Waals surface area contributed by atoms with E-state index in [-0.39, 0.29) is 0 Å². The summed E-state index contributed by atoms with van der Waals surface area (Å²) in [5.74, 6) is 0.612. The summed E-state index contributed by atoms with van der Waals surface area (Å²) in [6.07, 6.45) is 1.44. The van der Waals surface area contributed by atoms with Gasteiger partial charge in [0.05, 0.1) is 16.9 Å². The van der Waals surface area contributed by atoms with Crippen LogP contribution >= 0.6 is 0 Å². The fourth-order valence-electron chi connectivity index (χ4n) is 1.65. The number of fused-ring (bicyclic) bond motifs is 1. The van der Waals surface area contributed by atoms with Crippen molar-refractivity contribution in [2.45, 2.75) is 6.92 Å². The third-order valence-electron chi connectivity index (χ3n) is 2.35. The quantitative estimate of drug-likeness (QED) is 0.648. The summed E-state index contributed by atoms with van der Waals surface area (Å²) in [5.41, 5.74) is -1.14. The topological polar surface area (TPSA) is 85.2 Å². The number of pyridine rings is 1. The SMILES string of the molecule is CCOc1ccc2c([N+](=O)[O-])c(=O)[nH]cc2c1. The van der Waals surface area contributed by atoms with Crippen LogP contribution in [0.1, 0.15) is 6.92 Å². The minimum absolute atomic E-state index is 0.308. The average Bonchev–Trinajstić information content (AvgIpc) is 2.29. The summed E-state index contributed by atoms with van der Waals surface area (Å²) in [6, 6.07) is 4.79. The normalized spacial score (nSPS) is 10.4. The molecule has 0 atom stereocenters. The summed E-state index contributed by atoms with van der Waals surface area (Å²) < 4.78 is 5.28. The van der Waals surface area contributed by atoms with Gasteiger partial charge in [-0.1, -0.05) is 0 Å². The molecule has 1 heterocycles. The van der Waals surface area contributed by atoms with Gasteiger partial charge in [0.25, 0.3) is 0 Å². The number of nitro groups is 1. The summed E-state index contributed by atoms with van der Waals surface area (Å²) >= 11 is 0. The van der Waals surface area contributed by atoms with E-state index in [1.54, 1.807) is 12.1 Å². The van der Waals surface area contributed by atoms with Gasteiger partial charge in [0.2, 0.25) is 0 Å². The minimum atomic E-state index is -0.702. The van der Waals surface area contributed by atoms with Gasteiger partial charge in [-0.05, 0) is 25.1 Å². The molecule has 6 heteroatoms. The van der Waals surface area contributed by atoms with Crippen molar-refractivity contribution >= 4 is 16.5 Å². The summed E-state index contributed by atoms with van der Waals surface area (Å²) in [7, 11) is 0. The molecule has 1 aromatic carbocycles. The number of ether oxygens (including phenoxy) is 1. The van der Waals surface area contributed by atoms with E-state index in [0.717, 1.165) is 0 Å². The summed E-state index contributed by atoms with van der Waals surface area (Å²) in [4.78, 5) is 23.8. The smallest absolute Gasteiger partial charge is 0.341 e. The summed E-state index contributed by atoms with van der Waals surface area (Å²) in [5, 5.41) is 11.7. The Morgan fingerprint density at radius 1 is 1.47 bits per heavy atom. The first kappa shape index (κ1) is 11.1. The predicted molar refractivity (Wildman–Crippen MR) is 62.4 cm³/mol. The van der Waals surface area contributed by atoms with Gasteiger partial charge in [0.15, 0.2) is 0 Å². The second kappa shape index (κ2) is 4.25. The van der Waals surface area contributed by atoms with E-state index in [1.807, 2.05) is 6.92 Å². The van der Waals surface area contributed by atoms with Crippen LogP contribution in [0.15, 0.2) is 29.2 Å². The maximum Gasteiger partial charge on any atom is 0.341 e. The predicted octanol–water partition coefficient (Wildman–Crippen LogP) is 1.83. The average molecular weight is 234 g/mol.